The van der Waals surface area contributed by atoms with Gasteiger partial charge in [-0.05, 0) is 88.7 Å². The molecule has 4 heterocycles. The third-order valence-electron chi connectivity index (χ3n) is 8.45. The lowest BCUT2D eigenvalue weighted by atomic mass is 9.94. The smallest absolute Gasteiger partial charge is 0.243 e. The van der Waals surface area contributed by atoms with Crippen molar-refractivity contribution in [3.05, 3.63) is 59.7 Å². The standard InChI is InChI=1S/2C14H20N2O2S.C2H6/c2*1-11-4-6-13(7-5-11)19(17,18)16-9-12-3-2-8-15-14(12)10-16;1-2/h2*4-7,12,14-15H,2-3,8-10H2,1H3;1-2H3/t12-,14+;;/m0../s1. The quantitative estimate of drug-likeness (QED) is 0.563. The Morgan fingerprint density at radius 3 is 1.27 bits per heavy atom. The molecule has 2 N–H and O–H groups in total. The van der Waals surface area contributed by atoms with Crippen LogP contribution in [0.15, 0.2) is 58.3 Å². The molecule has 4 atom stereocenters. The third-order valence-corrected chi connectivity index (χ3v) is 12.1. The average Bonchev–Trinajstić information content (AvgIpc) is 3.61. The average molecular weight is 591 g/mol. The van der Waals surface area contributed by atoms with Gasteiger partial charge in [-0.2, -0.15) is 8.61 Å². The minimum atomic E-state index is -3.32. The molecule has 222 valence electrons. The number of hydrogen-bond donors (Lipinski definition) is 2. The highest BCUT2D eigenvalue weighted by Gasteiger charge is 2.41. The minimum Gasteiger partial charge on any atom is -0.312 e. The Morgan fingerprint density at radius 2 is 0.950 bits per heavy atom. The topological polar surface area (TPSA) is 98.8 Å². The van der Waals surface area contributed by atoms with Crippen molar-refractivity contribution >= 4 is 20.0 Å². The van der Waals surface area contributed by atoms with E-state index in [4.69, 9.17) is 0 Å². The normalized spacial score (nSPS) is 27.0. The second-order valence-corrected chi connectivity index (χ2v) is 15.1. The summed E-state index contributed by atoms with van der Waals surface area (Å²) in [5, 5.41) is 6.88. The predicted octanol–water partition coefficient (Wildman–Crippen LogP) is 3.76. The van der Waals surface area contributed by atoms with Gasteiger partial charge >= 0.3 is 0 Å². The Balaban J connectivity index is 0.000000174. The summed E-state index contributed by atoms with van der Waals surface area (Å²) in [6, 6.07) is 14.9. The molecule has 4 saturated heterocycles. The van der Waals surface area contributed by atoms with Crippen LogP contribution in [0.1, 0.15) is 50.7 Å². The fraction of sp³-hybridized carbons (Fsp3) is 0.600. The van der Waals surface area contributed by atoms with Gasteiger partial charge < -0.3 is 10.6 Å². The third kappa shape index (κ3) is 6.97. The van der Waals surface area contributed by atoms with Gasteiger partial charge in [-0.15, -0.1) is 0 Å². The number of sulfonamides is 2. The molecule has 0 saturated carbocycles. The first kappa shape index (κ1) is 31.1. The molecule has 4 fully saturated rings. The maximum Gasteiger partial charge on any atom is 0.243 e. The van der Waals surface area contributed by atoms with E-state index in [1.165, 1.54) is 0 Å². The highest BCUT2D eigenvalue weighted by Crippen LogP contribution is 2.30. The van der Waals surface area contributed by atoms with Gasteiger partial charge in [0.15, 0.2) is 0 Å². The van der Waals surface area contributed by atoms with Crippen LogP contribution in [0, 0.1) is 25.7 Å². The van der Waals surface area contributed by atoms with Crippen molar-refractivity contribution in [1.82, 2.24) is 19.2 Å². The Kier molecular flexibility index (Phi) is 10.5. The van der Waals surface area contributed by atoms with Gasteiger partial charge in [0.2, 0.25) is 20.0 Å². The van der Waals surface area contributed by atoms with E-state index in [0.717, 1.165) is 49.9 Å². The van der Waals surface area contributed by atoms with Gasteiger partial charge in [0.25, 0.3) is 0 Å². The maximum absolute atomic E-state index is 12.6. The van der Waals surface area contributed by atoms with Gasteiger partial charge in [0, 0.05) is 38.3 Å². The molecule has 4 aliphatic heterocycles. The molecule has 0 spiro atoms. The molecular weight excluding hydrogens is 544 g/mol. The molecule has 8 nitrogen and oxygen atoms in total. The van der Waals surface area contributed by atoms with Crippen LogP contribution in [0.5, 0.6) is 0 Å². The van der Waals surface area contributed by atoms with Gasteiger partial charge in [-0.3, -0.25) is 0 Å². The summed E-state index contributed by atoms with van der Waals surface area (Å²) >= 11 is 0. The first-order valence-electron chi connectivity index (χ1n) is 14.7. The summed E-state index contributed by atoms with van der Waals surface area (Å²) < 4.78 is 53.6. The van der Waals surface area contributed by atoms with E-state index >= 15 is 0 Å². The molecule has 0 aromatic heterocycles. The van der Waals surface area contributed by atoms with Crippen molar-refractivity contribution in [2.45, 2.75) is 75.3 Å². The Hall–Kier alpha value is -1.82. The second-order valence-electron chi connectivity index (χ2n) is 11.2. The first-order valence-corrected chi connectivity index (χ1v) is 17.6. The van der Waals surface area contributed by atoms with Crippen LogP contribution in [0.2, 0.25) is 0 Å². The van der Waals surface area contributed by atoms with Crippen LogP contribution in [-0.4, -0.2) is 76.8 Å². The molecule has 0 amide bonds. The number of hydrogen-bond acceptors (Lipinski definition) is 6. The summed E-state index contributed by atoms with van der Waals surface area (Å²) in [5.74, 6) is 0.961. The second kappa shape index (κ2) is 13.4. The molecule has 0 aliphatic carbocycles. The number of nitrogens with one attached hydrogen (secondary N) is 2. The van der Waals surface area contributed by atoms with Gasteiger partial charge in [-0.25, -0.2) is 16.8 Å². The van der Waals surface area contributed by atoms with Gasteiger partial charge in [0.1, 0.15) is 0 Å². The maximum atomic E-state index is 12.6. The SMILES string of the molecule is CC.Cc1ccc(S(=O)(=O)N2CC3CCCNC3C2)cc1.Cc1ccc(S(=O)(=O)N2C[C@@H]3CCCN[C@@H]3C2)cc1. The van der Waals surface area contributed by atoms with E-state index in [1.807, 2.05) is 52.0 Å². The largest absolute Gasteiger partial charge is 0.312 e. The van der Waals surface area contributed by atoms with Crippen molar-refractivity contribution in [1.29, 1.82) is 0 Å². The zero-order valence-corrected chi connectivity index (χ0v) is 26.0. The van der Waals surface area contributed by atoms with Crippen molar-refractivity contribution in [2.75, 3.05) is 39.3 Å². The van der Waals surface area contributed by atoms with Gasteiger partial charge in [-0.1, -0.05) is 49.2 Å². The predicted molar refractivity (Wildman–Crippen MR) is 160 cm³/mol. The number of benzene rings is 2. The first-order chi connectivity index (χ1) is 19.1. The van der Waals surface area contributed by atoms with Crippen molar-refractivity contribution < 1.29 is 16.8 Å². The summed E-state index contributed by atoms with van der Waals surface area (Å²) in [6.45, 7) is 12.5. The number of rotatable bonds is 4. The molecule has 4 aliphatic rings. The Bertz CT molecular complexity index is 1180. The van der Waals surface area contributed by atoms with Gasteiger partial charge in [0.05, 0.1) is 9.79 Å². The highest BCUT2D eigenvalue weighted by atomic mass is 32.2. The fourth-order valence-electron chi connectivity index (χ4n) is 6.13. The van der Waals surface area contributed by atoms with Crippen LogP contribution < -0.4 is 10.6 Å². The molecule has 0 bridgehead atoms. The molecule has 2 unspecified atom stereocenters. The van der Waals surface area contributed by atoms with Crippen molar-refractivity contribution in [2.24, 2.45) is 11.8 Å². The molecule has 6 rings (SSSR count). The Labute approximate surface area is 241 Å². The summed E-state index contributed by atoms with van der Waals surface area (Å²) in [6.07, 6.45) is 4.58. The van der Waals surface area contributed by atoms with E-state index in [-0.39, 0.29) is 0 Å². The molecule has 40 heavy (non-hydrogen) atoms. The number of nitrogens with zero attached hydrogens (tertiary/aromatic N) is 2. The van der Waals surface area contributed by atoms with Crippen LogP contribution in [0.25, 0.3) is 0 Å². The lowest BCUT2D eigenvalue weighted by Crippen LogP contribution is -2.41. The van der Waals surface area contributed by atoms with Crippen LogP contribution in [0.3, 0.4) is 0 Å². The summed E-state index contributed by atoms with van der Waals surface area (Å²) in [4.78, 5) is 0.827. The zero-order valence-electron chi connectivity index (χ0n) is 24.3. The highest BCUT2D eigenvalue weighted by molar-refractivity contribution is 7.89. The minimum absolute atomic E-state index is 0.342. The van der Waals surface area contributed by atoms with Crippen molar-refractivity contribution in [3.63, 3.8) is 0 Å². The molecule has 2 aromatic carbocycles. The molecular formula is C30H46N4O4S2. The summed E-state index contributed by atoms with van der Waals surface area (Å²) in [5.41, 5.74) is 2.16. The van der Waals surface area contributed by atoms with Crippen LogP contribution >= 0.6 is 0 Å². The monoisotopic (exact) mass is 590 g/mol. The fourth-order valence-corrected chi connectivity index (χ4v) is 9.17. The van der Waals surface area contributed by atoms with E-state index in [9.17, 15) is 16.8 Å². The number of fused-ring (bicyclic) bond motifs is 2. The number of piperidine rings is 2. The van der Waals surface area contributed by atoms with E-state index in [1.54, 1.807) is 32.9 Å². The summed E-state index contributed by atoms with van der Waals surface area (Å²) in [7, 11) is -6.64. The molecule has 0 radical (unpaired) electrons. The Morgan fingerprint density at radius 1 is 0.600 bits per heavy atom. The van der Waals surface area contributed by atoms with Crippen LogP contribution in [0.4, 0.5) is 0 Å². The molecule has 2 aromatic rings. The lowest BCUT2D eigenvalue weighted by Gasteiger charge is -2.24. The lowest BCUT2D eigenvalue weighted by molar-refractivity contribution is 0.339. The number of aryl methyl sites for hydroxylation is 2. The van der Waals surface area contributed by atoms with E-state index < -0.39 is 20.0 Å². The molecule has 10 heteroatoms. The van der Waals surface area contributed by atoms with E-state index in [2.05, 4.69) is 10.6 Å². The van der Waals surface area contributed by atoms with Crippen molar-refractivity contribution in [3.8, 4) is 0 Å². The van der Waals surface area contributed by atoms with E-state index in [0.29, 0.717) is 59.9 Å². The van der Waals surface area contributed by atoms with Crippen LogP contribution in [-0.2, 0) is 20.0 Å². The zero-order chi connectivity index (χ0) is 28.9.